The van der Waals surface area contributed by atoms with Crippen LogP contribution in [0.2, 0.25) is 0 Å². The number of hydrogen-bond donors (Lipinski definition) is 2. The molecule has 3 N–H and O–H groups in total. The summed E-state index contributed by atoms with van der Waals surface area (Å²) in [6.07, 6.45) is 0. The molecule has 2 aromatic rings. The number of ether oxygens (including phenoxy) is 1. The maximum absolute atomic E-state index is 10.8. The fourth-order valence-electron chi connectivity index (χ4n) is 1.64. The molecule has 1 heterocycles. The average Bonchev–Trinajstić information content (AvgIpc) is 2.37. The minimum absolute atomic E-state index is 0.114. The molecule has 0 aliphatic rings. The van der Waals surface area contributed by atoms with Crippen LogP contribution in [0.1, 0.15) is 11.3 Å². The highest BCUT2D eigenvalue weighted by molar-refractivity contribution is 9.10. The van der Waals surface area contributed by atoms with Gasteiger partial charge in [0.15, 0.2) is 0 Å². The highest BCUT2D eigenvalue weighted by Gasteiger charge is 2.14. The number of nitro benzene ring substituents is 1. The maximum Gasteiger partial charge on any atom is 0.274 e. The Morgan fingerprint density at radius 1 is 1.43 bits per heavy atom. The molecule has 0 aliphatic heterocycles. The van der Waals surface area contributed by atoms with Gasteiger partial charge >= 0.3 is 0 Å². The molecule has 0 bridgehead atoms. The number of aryl methyl sites for hydroxylation is 1. The van der Waals surface area contributed by atoms with Gasteiger partial charge in [-0.15, -0.1) is 0 Å². The number of pyridine rings is 1. The summed E-state index contributed by atoms with van der Waals surface area (Å²) in [6.45, 7) is 1.76. The van der Waals surface area contributed by atoms with Gasteiger partial charge in [0.2, 0.25) is 5.88 Å². The van der Waals surface area contributed by atoms with Crippen LogP contribution in [0.3, 0.4) is 0 Å². The van der Waals surface area contributed by atoms with E-state index in [0.717, 1.165) is 0 Å². The molecule has 0 aliphatic carbocycles. The van der Waals surface area contributed by atoms with Crippen molar-refractivity contribution >= 4 is 27.5 Å². The Labute approximate surface area is 128 Å². The third kappa shape index (κ3) is 3.54. The second-order valence-electron chi connectivity index (χ2n) is 4.22. The smallest absolute Gasteiger partial charge is 0.274 e. The van der Waals surface area contributed by atoms with Crippen molar-refractivity contribution in [1.29, 1.82) is 5.41 Å². The first kappa shape index (κ1) is 14.9. The molecule has 0 unspecified atom stereocenters. The van der Waals surface area contributed by atoms with Gasteiger partial charge in [0, 0.05) is 16.2 Å². The van der Waals surface area contributed by atoms with Gasteiger partial charge in [-0.3, -0.25) is 15.5 Å². The van der Waals surface area contributed by atoms with Gasteiger partial charge in [-0.25, -0.2) is 4.98 Å². The molecule has 0 amide bonds. The molecule has 0 fully saturated rings. The molecule has 0 atom stereocenters. The van der Waals surface area contributed by atoms with Crippen LogP contribution in [0.25, 0.3) is 0 Å². The number of amidine groups is 1. The summed E-state index contributed by atoms with van der Waals surface area (Å²) < 4.78 is 6.06. The number of aromatic nitrogens is 1. The van der Waals surface area contributed by atoms with E-state index in [4.69, 9.17) is 15.9 Å². The Balaban J connectivity index is 2.45. The number of benzene rings is 1. The SMILES string of the molecule is Cc1ccc(C(=N)N)c(Oc2cc(Br)cc([N+](=O)[O-])c2)n1. The number of nitrogen functional groups attached to an aromatic ring is 1. The van der Waals surface area contributed by atoms with Crippen LogP contribution < -0.4 is 10.5 Å². The van der Waals surface area contributed by atoms with E-state index in [1.54, 1.807) is 25.1 Å². The quantitative estimate of drug-likeness (QED) is 0.380. The van der Waals surface area contributed by atoms with Crippen LogP contribution in [0.15, 0.2) is 34.8 Å². The van der Waals surface area contributed by atoms with Gasteiger partial charge < -0.3 is 10.5 Å². The van der Waals surface area contributed by atoms with Crippen LogP contribution in [-0.4, -0.2) is 15.7 Å². The lowest BCUT2D eigenvalue weighted by atomic mass is 10.2. The molecule has 0 saturated heterocycles. The largest absolute Gasteiger partial charge is 0.438 e. The van der Waals surface area contributed by atoms with E-state index in [0.29, 0.717) is 15.7 Å². The summed E-state index contributed by atoms with van der Waals surface area (Å²) in [5, 5.41) is 18.4. The number of halogens is 1. The van der Waals surface area contributed by atoms with Gasteiger partial charge in [0.05, 0.1) is 16.6 Å². The first-order valence-corrected chi connectivity index (χ1v) is 6.61. The van der Waals surface area contributed by atoms with Crippen molar-refractivity contribution in [2.24, 2.45) is 5.73 Å². The van der Waals surface area contributed by atoms with E-state index < -0.39 is 4.92 Å². The van der Waals surface area contributed by atoms with Crippen molar-refractivity contribution in [3.05, 3.63) is 56.2 Å². The minimum atomic E-state index is -0.521. The zero-order valence-electron chi connectivity index (χ0n) is 11.0. The number of non-ortho nitro benzene ring substituents is 1. The summed E-state index contributed by atoms with van der Waals surface area (Å²) >= 11 is 3.18. The monoisotopic (exact) mass is 350 g/mol. The molecule has 1 aromatic carbocycles. The molecule has 8 heteroatoms. The van der Waals surface area contributed by atoms with Gasteiger partial charge in [-0.2, -0.15) is 0 Å². The first-order chi connectivity index (χ1) is 9.86. The standard InChI is InChI=1S/C13H11BrN4O3/c1-7-2-3-11(12(15)16)13(17-7)21-10-5-8(14)4-9(6-10)18(19)20/h2-6H,1H3,(H3,15,16). The van der Waals surface area contributed by atoms with Crippen LogP contribution in [0, 0.1) is 22.4 Å². The van der Waals surface area contributed by atoms with Gasteiger partial charge in [0.1, 0.15) is 11.6 Å². The average molecular weight is 351 g/mol. The van der Waals surface area contributed by atoms with Crippen LogP contribution >= 0.6 is 15.9 Å². The second-order valence-corrected chi connectivity index (χ2v) is 5.14. The third-order valence-corrected chi connectivity index (χ3v) is 3.03. The van der Waals surface area contributed by atoms with Gasteiger partial charge in [-0.05, 0) is 25.1 Å². The summed E-state index contributed by atoms with van der Waals surface area (Å²) in [5.41, 5.74) is 6.36. The normalized spacial score (nSPS) is 10.2. The summed E-state index contributed by atoms with van der Waals surface area (Å²) in [4.78, 5) is 14.5. The van der Waals surface area contributed by atoms with Crippen molar-refractivity contribution in [3.8, 4) is 11.6 Å². The van der Waals surface area contributed by atoms with Crippen molar-refractivity contribution < 1.29 is 9.66 Å². The van der Waals surface area contributed by atoms with E-state index in [2.05, 4.69) is 20.9 Å². The number of nitrogens with zero attached hydrogens (tertiary/aromatic N) is 2. The van der Waals surface area contributed by atoms with Gasteiger partial charge in [0.25, 0.3) is 5.69 Å². The fourth-order valence-corrected chi connectivity index (χ4v) is 2.10. The third-order valence-electron chi connectivity index (χ3n) is 2.57. The van der Waals surface area contributed by atoms with Crippen molar-refractivity contribution in [3.63, 3.8) is 0 Å². The number of hydrogen-bond acceptors (Lipinski definition) is 5. The number of rotatable bonds is 4. The van der Waals surface area contributed by atoms with Crippen LogP contribution in [0.4, 0.5) is 5.69 Å². The van der Waals surface area contributed by atoms with Gasteiger partial charge in [-0.1, -0.05) is 15.9 Å². The zero-order chi connectivity index (χ0) is 15.6. The molecular weight excluding hydrogens is 340 g/mol. The molecule has 7 nitrogen and oxygen atoms in total. The van der Waals surface area contributed by atoms with Crippen molar-refractivity contribution in [1.82, 2.24) is 4.98 Å². The van der Waals surface area contributed by atoms with Crippen molar-refractivity contribution in [2.45, 2.75) is 6.92 Å². The molecule has 0 spiro atoms. The maximum atomic E-state index is 10.8. The number of nitrogens with one attached hydrogen (secondary N) is 1. The summed E-state index contributed by atoms with van der Waals surface area (Å²) in [5.74, 6) is 0.175. The highest BCUT2D eigenvalue weighted by Crippen LogP contribution is 2.30. The zero-order valence-corrected chi connectivity index (χ0v) is 12.5. The molecule has 21 heavy (non-hydrogen) atoms. The fraction of sp³-hybridized carbons (Fsp3) is 0.0769. The Morgan fingerprint density at radius 2 is 2.14 bits per heavy atom. The lowest BCUT2D eigenvalue weighted by Gasteiger charge is -2.10. The Hall–Kier alpha value is -2.48. The van der Waals surface area contributed by atoms with E-state index >= 15 is 0 Å². The highest BCUT2D eigenvalue weighted by atomic mass is 79.9. The molecule has 1 aromatic heterocycles. The van der Waals surface area contributed by atoms with E-state index in [-0.39, 0.29) is 23.2 Å². The topological polar surface area (TPSA) is 115 Å². The Bertz CT molecular complexity index is 733. The molecule has 0 saturated carbocycles. The summed E-state index contributed by atoms with van der Waals surface area (Å²) in [6, 6.07) is 7.53. The van der Waals surface area contributed by atoms with Crippen LogP contribution in [0.5, 0.6) is 11.6 Å². The first-order valence-electron chi connectivity index (χ1n) is 5.81. The molecular formula is C13H11BrN4O3. The Morgan fingerprint density at radius 3 is 2.76 bits per heavy atom. The van der Waals surface area contributed by atoms with Crippen LogP contribution in [-0.2, 0) is 0 Å². The molecule has 2 rings (SSSR count). The predicted octanol–water partition coefficient (Wildman–Crippen LogP) is 3.14. The lowest BCUT2D eigenvalue weighted by Crippen LogP contribution is -2.13. The number of nitro groups is 1. The second kappa shape index (κ2) is 5.88. The minimum Gasteiger partial charge on any atom is -0.438 e. The van der Waals surface area contributed by atoms with E-state index in [9.17, 15) is 10.1 Å². The predicted molar refractivity (Wildman–Crippen MR) is 80.9 cm³/mol. The lowest BCUT2D eigenvalue weighted by molar-refractivity contribution is -0.385. The van der Waals surface area contributed by atoms with E-state index in [1.165, 1.54) is 12.1 Å². The molecule has 108 valence electrons. The molecule has 0 radical (unpaired) electrons. The summed E-state index contributed by atoms with van der Waals surface area (Å²) in [7, 11) is 0. The van der Waals surface area contributed by atoms with E-state index in [1.807, 2.05) is 0 Å². The van der Waals surface area contributed by atoms with Crippen molar-refractivity contribution in [2.75, 3.05) is 0 Å². The Kier molecular flexibility index (Phi) is 4.18. The number of nitrogens with two attached hydrogens (primary N) is 1.